The molecular weight excluding hydrogens is 421 g/mol. The standard InChI is InChI=1S/C24H25F3N2O3/c1-17(13-28-23(30)21-8-3-4-9-22(21)24(25,26)27)32-20-7-5-6-18(12-20)14-29(2)15-19-10-11-31-16-19/h3-12,16-17H,13-15H2,1-2H3,(H,28,30)/t17-/m1/s1. The topological polar surface area (TPSA) is 54.7 Å². The summed E-state index contributed by atoms with van der Waals surface area (Å²) in [5, 5.41) is 2.52. The first-order chi connectivity index (χ1) is 15.2. The van der Waals surface area contributed by atoms with E-state index in [0.717, 1.165) is 29.8 Å². The number of amides is 1. The molecule has 0 aliphatic carbocycles. The van der Waals surface area contributed by atoms with Gasteiger partial charge in [0.15, 0.2) is 0 Å². The first kappa shape index (κ1) is 23.4. The second kappa shape index (κ2) is 10.4. The van der Waals surface area contributed by atoms with Gasteiger partial charge in [-0.15, -0.1) is 0 Å². The number of furan rings is 1. The summed E-state index contributed by atoms with van der Waals surface area (Å²) in [7, 11) is 2.00. The van der Waals surface area contributed by atoms with Crippen molar-refractivity contribution in [3.8, 4) is 5.75 Å². The first-order valence-corrected chi connectivity index (χ1v) is 10.1. The van der Waals surface area contributed by atoms with Gasteiger partial charge in [0.2, 0.25) is 0 Å². The van der Waals surface area contributed by atoms with Crippen molar-refractivity contribution in [2.24, 2.45) is 0 Å². The van der Waals surface area contributed by atoms with E-state index in [2.05, 4.69) is 10.2 Å². The number of halogens is 3. The summed E-state index contributed by atoms with van der Waals surface area (Å²) in [6, 6.07) is 14.2. The first-order valence-electron chi connectivity index (χ1n) is 10.1. The van der Waals surface area contributed by atoms with Crippen LogP contribution < -0.4 is 10.1 Å². The highest BCUT2D eigenvalue weighted by Gasteiger charge is 2.34. The normalized spacial score (nSPS) is 12.6. The smallest absolute Gasteiger partial charge is 0.417 e. The van der Waals surface area contributed by atoms with Gasteiger partial charge in [-0.25, -0.2) is 0 Å². The Kier molecular flexibility index (Phi) is 7.58. The Labute approximate surface area is 184 Å². The van der Waals surface area contributed by atoms with Crippen molar-refractivity contribution in [3.05, 3.63) is 89.4 Å². The Bertz CT molecular complexity index is 1020. The minimum absolute atomic E-state index is 0.0651. The van der Waals surface area contributed by atoms with Crippen molar-refractivity contribution < 1.29 is 27.1 Å². The second-order valence-electron chi connectivity index (χ2n) is 7.63. The van der Waals surface area contributed by atoms with Crippen molar-refractivity contribution >= 4 is 5.91 Å². The predicted octanol–water partition coefficient (Wildman–Crippen LogP) is 5.13. The summed E-state index contributed by atoms with van der Waals surface area (Å²) in [6.07, 6.45) is -1.68. The highest BCUT2D eigenvalue weighted by atomic mass is 19.4. The average molecular weight is 446 g/mol. The van der Waals surface area contributed by atoms with Crippen molar-refractivity contribution in [1.82, 2.24) is 10.2 Å². The lowest BCUT2D eigenvalue weighted by atomic mass is 10.1. The van der Waals surface area contributed by atoms with Crippen molar-refractivity contribution in [2.45, 2.75) is 32.3 Å². The van der Waals surface area contributed by atoms with Crippen LogP contribution in [0.2, 0.25) is 0 Å². The number of carbonyl (C=O) groups is 1. The third kappa shape index (κ3) is 6.62. The molecule has 1 amide bonds. The van der Waals surface area contributed by atoms with Crippen LogP contribution in [0.3, 0.4) is 0 Å². The van der Waals surface area contributed by atoms with Crippen LogP contribution in [0.5, 0.6) is 5.75 Å². The fraction of sp³-hybridized carbons (Fsp3) is 0.292. The van der Waals surface area contributed by atoms with Gasteiger partial charge < -0.3 is 14.5 Å². The number of nitrogens with one attached hydrogen (secondary N) is 1. The van der Waals surface area contributed by atoms with Gasteiger partial charge in [-0.2, -0.15) is 13.2 Å². The van der Waals surface area contributed by atoms with E-state index in [0.29, 0.717) is 12.3 Å². The van der Waals surface area contributed by atoms with E-state index < -0.39 is 29.3 Å². The second-order valence-corrected chi connectivity index (χ2v) is 7.63. The molecule has 0 saturated carbocycles. The number of carbonyl (C=O) groups excluding carboxylic acids is 1. The van der Waals surface area contributed by atoms with E-state index in [1.54, 1.807) is 25.5 Å². The molecule has 0 fully saturated rings. The van der Waals surface area contributed by atoms with E-state index in [1.807, 2.05) is 31.3 Å². The summed E-state index contributed by atoms with van der Waals surface area (Å²) in [5.41, 5.74) is 0.758. The fourth-order valence-corrected chi connectivity index (χ4v) is 3.31. The third-order valence-electron chi connectivity index (χ3n) is 4.75. The molecule has 3 rings (SSSR count). The summed E-state index contributed by atoms with van der Waals surface area (Å²) in [5.74, 6) is -0.167. The van der Waals surface area contributed by atoms with Gasteiger partial charge in [-0.3, -0.25) is 9.69 Å². The molecule has 2 aromatic carbocycles. The molecule has 170 valence electrons. The van der Waals surface area contributed by atoms with Crippen LogP contribution in [0.4, 0.5) is 13.2 Å². The van der Waals surface area contributed by atoms with Crippen LogP contribution in [-0.2, 0) is 19.3 Å². The molecule has 0 spiro atoms. The summed E-state index contributed by atoms with van der Waals surface area (Å²) >= 11 is 0. The highest BCUT2D eigenvalue weighted by Crippen LogP contribution is 2.31. The van der Waals surface area contributed by atoms with Gasteiger partial charge in [0.25, 0.3) is 5.91 Å². The van der Waals surface area contributed by atoms with Gasteiger partial charge in [-0.05, 0) is 49.9 Å². The SMILES string of the molecule is C[C@H](CNC(=O)c1ccccc1C(F)(F)F)Oc1cccc(CN(C)Cc2ccoc2)c1. The Morgan fingerprint density at radius 3 is 2.56 bits per heavy atom. The monoisotopic (exact) mass is 446 g/mol. The number of rotatable bonds is 9. The minimum atomic E-state index is -4.60. The van der Waals surface area contributed by atoms with E-state index in [9.17, 15) is 18.0 Å². The maximum absolute atomic E-state index is 13.1. The fourth-order valence-electron chi connectivity index (χ4n) is 3.31. The van der Waals surface area contributed by atoms with E-state index in [4.69, 9.17) is 9.15 Å². The van der Waals surface area contributed by atoms with Gasteiger partial charge >= 0.3 is 6.18 Å². The molecule has 0 unspecified atom stereocenters. The van der Waals surface area contributed by atoms with Crippen molar-refractivity contribution in [1.29, 1.82) is 0 Å². The molecule has 3 aromatic rings. The van der Waals surface area contributed by atoms with E-state index in [-0.39, 0.29) is 6.54 Å². The van der Waals surface area contributed by atoms with E-state index >= 15 is 0 Å². The van der Waals surface area contributed by atoms with Crippen molar-refractivity contribution in [2.75, 3.05) is 13.6 Å². The van der Waals surface area contributed by atoms with Crippen LogP contribution in [0.15, 0.2) is 71.5 Å². The number of hydrogen-bond acceptors (Lipinski definition) is 4. The lowest BCUT2D eigenvalue weighted by molar-refractivity contribution is -0.137. The van der Waals surface area contributed by atoms with Crippen LogP contribution >= 0.6 is 0 Å². The quantitative estimate of drug-likeness (QED) is 0.495. The third-order valence-corrected chi connectivity index (χ3v) is 4.75. The molecule has 8 heteroatoms. The predicted molar refractivity (Wildman–Crippen MR) is 114 cm³/mol. The number of alkyl halides is 3. The zero-order chi connectivity index (χ0) is 23.1. The summed E-state index contributed by atoms with van der Waals surface area (Å²) in [6.45, 7) is 3.24. The Morgan fingerprint density at radius 1 is 1.09 bits per heavy atom. The van der Waals surface area contributed by atoms with Gasteiger partial charge in [0.05, 0.1) is 30.2 Å². The summed E-state index contributed by atoms with van der Waals surface area (Å²) in [4.78, 5) is 14.4. The molecule has 0 aliphatic rings. The molecule has 5 nitrogen and oxygen atoms in total. The van der Waals surface area contributed by atoms with Crippen molar-refractivity contribution in [3.63, 3.8) is 0 Å². The lowest BCUT2D eigenvalue weighted by Gasteiger charge is -2.19. The van der Waals surface area contributed by atoms with Crippen LogP contribution in [0.1, 0.15) is 34.0 Å². The number of hydrogen-bond donors (Lipinski definition) is 1. The molecular formula is C24H25F3N2O3. The molecule has 1 heterocycles. The maximum atomic E-state index is 13.1. The molecule has 1 aromatic heterocycles. The molecule has 1 atom stereocenters. The maximum Gasteiger partial charge on any atom is 0.417 e. The molecule has 32 heavy (non-hydrogen) atoms. The van der Waals surface area contributed by atoms with Gasteiger partial charge in [-0.1, -0.05) is 24.3 Å². The Hall–Kier alpha value is -3.26. The molecule has 1 N–H and O–H groups in total. The zero-order valence-electron chi connectivity index (χ0n) is 17.9. The molecule has 0 radical (unpaired) electrons. The Morgan fingerprint density at radius 2 is 1.84 bits per heavy atom. The molecule has 0 saturated heterocycles. The largest absolute Gasteiger partial charge is 0.489 e. The van der Waals surface area contributed by atoms with Crippen LogP contribution in [0, 0.1) is 0 Å². The van der Waals surface area contributed by atoms with Gasteiger partial charge in [0.1, 0.15) is 11.9 Å². The van der Waals surface area contributed by atoms with Crippen LogP contribution in [-0.4, -0.2) is 30.5 Å². The number of ether oxygens (including phenoxy) is 1. The number of nitrogens with zero attached hydrogens (tertiary/aromatic N) is 1. The highest BCUT2D eigenvalue weighted by molar-refractivity contribution is 5.95. The van der Waals surface area contributed by atoms with E-state index in [1.165, 1.54) is 12.1 Å². The lowest BCUT2D eigenvalue weighted by Crippen LogP contribution is -2.34. The molecule has 0 bridgehead atoms. The zero-order valence-corrected chi connectivity index (χ0v) is 17.9. The number of benzene rings is 2. The molecule has 0 aliphatic heterocycles. The minimum Gasteiger partial charge on any atom is -0.489 e. The average Bonchev–Trinajstić information content (AvgIpc) is 3.24. The summed E-state index contributed by atoms with van der Waals surface area (Å²) < 4.78 is 50.3. The van der Waals surface area contributed by atoms with Gasteiger partial charge in [0, 0.05) is 18.7 Å². The van der Waals surface area contributed by atoms with Crippen LogP contribution in [0.25, 0.3) is 0 Å². The Balaban J connectivity index is 1.54.